The van der Waals surface area contributed by atoms with Crippen LogP contribution in [0.25, 0.3) is 44.5 Å². The third kappa shape index (κ3) is 8.82. The van der Waals surface area contributed by atoms with E-state index in [-0.39, 0.29) is 6.04 Å². The first-order chi connectivity index (χ1) is 37.7. The van der Waals surface area contributed by atoms with Gasteiger partial charge in [0.15, 0.2) is 0 Å². The van der Waals surface area contributed by atoms with Crippen LogP contribution in [0.2, 0.25) is 0 Å². The van der Waals surface area contributed by atoms with Crippen molar-refractivity contribution in [3.8, 4) is 44.5 Å². The van der Waals surface area contributed by atoms with Gasteiger partial charge in [0.25, 0.3) is 0 Å². The van der Waals surface area contributed by atoms with E-state index < -0.39 is 0 Å². The summed E-state index contributed by atoms with van der Waals surface area (Å²) in [5, 5.41) is 0. The highest BCUT2D eigenvalue weighted by atomic mass is 15.2. The van der Waals surface area contributed by atoms with Gasteiger partial charge in [-0.3, -0.25) is 0 Å². The quantitative estimate of drug-likeness (QED) is 0.121. The number of hydrogen-bond donors (Lipinski definition) is 0. The van der Waals surface area contributed by atoms with E-state index in [1.807, 2.05) is 0 Å². The topological polar surface area (TPSA) is 13.0 Å². The average molecular weight is 975 g/mol. The predicted octanol–water partition coefficient (Wildman–Crippen LogP) is 20.1. The van der Waals surface area contributed by atoms with E-state index >= 15 is 0 Å². The second-order valence-electron chi connectivity index (χ2n) is 19.3. The molecule has 4 heteroatoms. The number of benzene rings is 11. The van der Waals surface area contributed by atoms with Gasteiger partial charge in [-0.05, 0) is 184 Å². The average Bonchev–Trinajstić information content (AvgIpc) is 3.49. The molecule has 0 aliphatic heterocycles. The van der Waals surface area contributed by atoms with Crippen LogP contribution in [-0.2, 0) is 0 Å². The first-order valence-corrected chi connectivity index (χ1v) is 26.2. The number of anilines is 11. The Morgan fingerprint density at radius 3 is 0.763 bits per heavy atom. The second-order valence-corrected chi connectivity index (χ2v) is 19.3. The fraction of sp³-hybridized carbons (Fsp3) is 0.0278. The van der Waals surface area contributed by atoms with Crippen molar-refractivity contribution in [2.24, 2.45) is 0 Å². The molecule has 4 nitrogen and oxygen atoms in total. The normalized spacial score (nSPS) is 13.0. The lowest BCUT2D eigenvalue weighted by Gasteiger charge is -2.34. The van der Waals surface area contributed by atoms with E-state index in [9.17, 15) is 0 Å². The molecule has 11 aromatic rings. The molecular weight excluding hydrogens is 921 g/mol. The van der Waals surface area contributed by atoms with E-state index in [0.29, 0.717) is 0 Å². The molecule has 1 atom stereocenters. The maximum atomic E-state index is 2.51. The van der Waals surface area contributed by atoms with Gasteiger partial charge in [-0.1, -0.05) is 176 Å². The molecule has 2 aliphatic carbocycles. The minimum atomic E-state index is 0.129. The van der Waals surface area contributed by atoms with Crippen molar-refractivity contribution in [1.29, 1.82) is 0 Å². The summed E-state index contributed by atoms with van der Waals surface area (Å²) in [7, 11) is 0. The van der Waals surface area contributed by atoms with Crippen molar-refractivity contribution >= 4 is 62.6 Å². The van der Waals surface area contributed by atoms with Gasteiger partial charge in [0, 0.05) is 62.6 Å². The number of para-hydroxylation sites is 7. The molecule has 362 valence electrons. The zero-order chi connectivity index (χ0) is 50.6. The zero-order valence-electron chi connectivity index (χ0n) is 42.0. The first kappa shape index (κ1) is 45.9. The molecule has 13 rings (SSSR count). The number of allylic oxidation sites excluding steroid dienone is 2. The molecule has 0 aromatic heterocycles. The Labute approximate surface area is 446 Å². The summed E-state index contributed by atoms with van der Waals surface area (Å²) in [5.41, 5.74) is 21.2. The van der Waals surface area contributed by atoms with E-state index in [1.54, 1.807) is 0 Å². The summed E-state index contributed by atoms with van der Waals surface area (Å²) >= 11 is 0. The van der Waals surface area contributed by atoms with E-state index in [0.717, 1.165) is 113 Å². The highest BCUT2D eigenvalue weighted by molar-refractivity contribution is 6.07. The number of rotatable bonds is 12. The lowest BCUT2D eigenvalue weighted by Crippen LogP contribution is -2.29. The van der Waals surface area contributed by atoms with E-state index in [1.165, 1.54) is 0 Å². The van der Waals surface area contributed by atoms with Crippen LogP contribution in [0.3, 0.4) is 0 Å². The van der Waals surface area contributed by atoms with Crippen LogP contribution in [-0.4, -0.2) is 6.04 Å². The summed E-state index contributed by atoms with van der Waals surface area (Å²) in [6.07, 6.45) is 9.85. The van der Waals surface area contributed by atoms with Crippen LogP contribution >= 0.6 is 0 Å². The van der Waals surface area contributed by atoms with Gasteiger partial charge in [-0.25, -0.2) is 0 Å². The molecule has 11 aromatic carbocycles. The van der Waals surface area contributed by atoms with Gasteiger partial charge in [0.2, 0.25) is 0 Å². The molecule has 0 saturated heterocycles. The molecule has 2 aliphatic rings. The van der Waals surface area contributed by atoms with Crippen LogP contribution in [0.1, 0.15) is 6.42 Å². The minimum Gasteiger partial charge on any atom is -0.334 e. The maximum Gasteiger partial charge on any atom is 0.0559 e. The lowest BCUT2D eigenvalue weighted by atomic mass is 9.80. The van der Waals surface area contributed by atoms with Crippen molar-refractivity contribution < 1.29 is 0 Å². The molecular formula is C72H54N4. The first-order valence-electron chi connectivity index (χ1n) is 26.2. The molecule has 0 bridgehead atoms. The second kappa shape index (κ2) is 20.5. The number of hydrogen-bond acceptors (Lipinski definition) is 4. The predicted molar refractivity (Wildman–Crippen MR) is 321 cm³/mol. The number of nitrogens with zero attached hydrogens (tertiary/aromatic N) is 4. The van der Waals surface area contributed by atoms with Gasteiger partial charge < -0.3 is 19.6 Å². The summed E-state index contributed by atoms with van der Waals surface area (Å²) < 4.78 is 0. The Balaban J connectivity index is 1.11. The molecule has 0 N–H and O–H groups in total. The van der Waals surface area contributed by atoms with Crippen LogP contribution in [0.15, 0.2) is 309 Å². The third-order valence-corrected chi connectivity index (χ3v) is 14.6. The summed E-state index contributed by atoms with van der Waals surface area (Å²) in [4.78, 5) is 9.63. The van der Waals surface area contributed by atoms with Gasteiger partial charge in [-0.15, -0.1) is 0 Å². The molecule has 0 heterocycles. The van der Waals surface area contributed by atoms with Gasteiger partial charge in [-0.2, -0.15) is 0 Å². The SMILES string of the molecule is C1=CCC(N(c2ccccc2)c2ccc3c(c2)-c2cc(N(c4ccccc4)c4ccccc4)ccc2-c2ccc(N(c4ccccc4)c4ccccc4)cc2-c2cc(N(c4ccccc4)c4ccccc4)ccc2-3)C=C1. The van der Waals surface area contributed by atoms with Crippen molar-refractivity contribution in [2.45, 2.75) is 12.5 Å². The van der Waals surface area contributed by atoms with Crippen molar-refractivity contribution in [3.05, 3.63) is 309 Å². The molecule has 76 heavy (non-hydrogen) atoms. The molecule has 0 spiro atoms. The van der Waals surface area contributed by atoms with Gasteiger partial charge >= 0.3 is 0 Å². The summed E-state index contributed by atoms with van der Waals surface area (Å²) in [6.45, 7) is 0. The molecule has 1 unspecified atom stereocenters. The standard InChI is InChI=1S/C72H54N4/c1-9-25-53(26-10-1)73(54-27-11-2-12-28-54)61-41-45-65-66-46-42-63(75(57-33-17-5-18-34-57)58-35-19-6-20-36-58)51-71(66)72-52-64(76(59-37-21-7-22-38-59)60-39-23-8-24-40-60)44-48-68(72)67-47-43-62(50-70(67)69(65)49-61)74(55-29-13-3-14-30-55)56-31-15-4-16-32-56/h1-39,41-52,60H,40H2. The summed E-state index contributed by atoms with van der Waals surface area (Å²) in [6, 6.07) is 104. The molecule has 0 fully saturated rings. The lowest BCUT2D eigenvalue weighted by molar-refractivity contribution is 0.785. The zero-order valence-corrected chi connectivity index (χ0v) is 42.0. The largest absolute Gasteiger partial charge is 0.334 e. The van der Waals surface area contributed by atoms with Crippen molar-refractivity contribution in [1.82, 2.24) is 0 Å². The van der Waals surface area contributed by atoms with Crippen LogP contribution in [0.5, 0.6) is 0 Å². The fourth-order valence-corrected chi connectivity index (χ4v) is 11.2. The van der Waals surface area contributed by atoms with E-state index in [4.69, 9.17) is 0 Å². The smallest absolute Gasteiger partial charge is 0.0559 e. The van der Waals surface area contributed by atoms with Crippen LogP contribution in [0.4, 0.5) is 62.6 Å². The molecule has 0 radical (unpaired) electrons. The highest BCUT2D eigenvalue weighted by Gasteiger charge is 2.29. The third-order valence-electron chi connectivity index (χ3n) is 14.6. The van der Waals surface area contributed by atoms with E-state index in [2.05, 4.69) is 329 Å². The van der Waals surface area contributed by atoms with Crippen LogP contribution in [0, 0.1) is 0 Å². The summed E-state index contributed by atoms with van der Waals surface area (Å²) in [5.74, 6) is 0. The monoisotopic (exact) mass is 974 g/mol. The fourth-order valence-electron chi connectivity index (χ4n) is 11.2. The maximum absolute atomic E-state index is 2.51. The Morgan fingerprint density at radius 2 is 0.487 bits per heavy atom. The molecule has 0 amide bonds. The number of fused-ring (bicyclic) bond motifs is 8. The Hall–Kier alpha value is -9.90. The Morgan fingerprint density at radius 1 is 0.224 bits per heavy atom. The van der Waals surface area contributed by atoms with Crippen molar-refractivity contribution in [2.75, 3.05) is 19.6 Å². The van der Waals surface area contributed by atoms with Gasteiger partial charge in [0.05, 0.1) is 6.04 Å². The van der Waals surface area contributed by atoms with Crippen LogP contribution < -0.4 is 19.6 Å². The van der Waals surface area contributed by atoms with Gasteiger partial charge in [0.1, 0.15) is 0 Å². The highest BCUT2D eigenvalue weighted by Crippen LogP contribution is 2.53. The molecule has 0 saturated carbocycles. The minimum absolute atomic E-state index is 0.129. The Kier molecular flexibility index (Phi) is 12.4. The van der Waals surface area contributed by atoms with Crippen molar-refractivity contribution in [3.63, 3.8) is 0 Å². The Bertz CT molecular complexity index is 3720.